The van der Waals surface area contributed by atoms with Gasteiger partial charge in [0.05, 0.1) is 0 Å². The fourth-order valence-electron chi connectivity index (χ4n) is 2.36. The summed E-state index contributed by atoms with van der Waals surface area (Å²) in [5.41, 5.74) is 2.62. The van der Waals surface area contributed by atoms with Gasteiger partial charge in [-0.1, -0.05) is 33.8 Å². The first-order valence-electron chi connectivity index (χ1n) is 7.97. The van der Waals surface area contributed by atoms with Crippen LogP contribution in [0, 0.1) is 6.92 Å². The lowest BCUT2D eigenvalue weighted by Crippen LogP contribution is -2.36. The number of aryl methyl sites for hydroxylation is 1. The summed E-state index contributed by atoms with van der Waals surface area (Å²) in [6.07, 6.45) is 2.54. The predicted octanol–water partition coefficient (Wildman–Crippen LogP) is 4.66. The average Bonchev–Trinajstić information content (AvgIpc) is 2.39. The highest BCUT2D eigenvalue weighted by Crippen LogP contribution is 2.23. The molecule has 0 radical (unpaired) electrons. The summed E-state index contributed by atoms with van der Waals surface area (Å²) < 4.78 is 6.06. The number of rotatable bonds is 8. The molecule has 0 amide bonds. The van der Waals surface area contributed by atoms with Gasteiger partial charge in [-0.05, 0) is 55.9 Å². The quantitative estimate of drug-likeness (QED) is 0.746. The Labute approximate surface area is 124 Å². The van der Waals surface area contributed by atoms with Crippen molar-refractivity contribution in [3.63, 3.8) is 0 Å². The third-order valence-electron chi connectivity index (χ3n) is 3.76. The maximum Gasteiger partial charge on any atom is 0.120 e. The van der Waals surface area contributed by atoms with Crippen molar-refractivity contribution in [3.05, 3.63) is 29.3 Å². The van der Waals surface area contributed by atoms with E-state index in [0.717, 1.165) is 12.3 Å². The Morgan fingerprint density at radius 1 is 1.05 bits per heavy atom. The minimum Gasteiger partial charge on any atom is -0.489 e. The van der Waals surface area contributed by atoms with E-state index in [1.165, 1.54) is 24.0 Å². The van der Waals surface area contributed by atoms with Crippen molar-refractivity contribution in [1.82, 2.24) is 5.32 Å². The smallest absolute Gasteiger partial charge is 0.120 e. The van der Waals surface area contributed by atoms with Crippen LogP contribution < -0.4 is 10.1 Å². The first-order valence-corrected chi connectivity index (χ1v) is 7.97. The Balaban J connectivity index is 2.59. The van der Waals surface area contributed by atoms with Gasteiger partial charge in [0.1, 0.15) is 11.9 Å². The van der Waals surface area contributed by atoms with Gasteiger partial charge in [-0.3, -0.25) is 0 Å². The molecule has 0 saturated heterocycles. The number of hydrogen-bond acceptors (Lipinski definition) is 2. The van der Waals surface area contributed by atoms with Crippen molar-refractivity contribution in [1.29, 1.82) is 0 Å². The average molecular weight is 277 g/mol. The van der Waals surface area contributed by atoms with Gasteiger partial charge in [0.25, 0.3) is 0 Å². The highest BCUT2D eigenvalue weighted by Gasteiger charge is 2.09. The van der Waals surface area contributed by atoms with E-state index in [2.05, 4.69) is 65.1 Å². The molecule has 0 spiro atoms. The summed E-state index contributed by atoms with van der Waals surface area (Å²) in [5, 5.41) is 3.57. The second-order valence-corrected chi connectivity index (χ2v) is 6.08. The van der Waals surface area contributed by atoms with Crippen LogP contribution >= 0.6 is 0 Å². The van der Waals surface area contributed by atoms with Gasteiger partial charge in [0.15, 0.2) is 0 Å². The first kappa shape index (κ1) is 17.0. The second-order valence-electron chi connectivity index (χ2n) is 6.08. The molecular weight excluding hydrogens is 246 g/mol. The zero-order valence-corrected chi connectivity index (χ0v) is 14.0. The zero-order chi connectivity index (χ0) is 15.1. The van der Waals surface area contributed by atoms with Gasteiger partial charge in [0.2, 0.25) is 0 Å². The molecule has 0 heterocycles. The van der Waals surface area contributed by atoms with Crippen molar-refractivity contribution >= 4 is 0 Å². The molecule has 2 nitrogen and oxygen atoms in total. The maximum atomic E-state index is 6.06. The molecule has 114 valence electrons. The standard InChI is InChI=1S/C18H31NO/c1-7-17(8-2)19-12-15(6)20-18-10-14(5)9-16(11-18)13(3)4/h9-11,13,15,17,19H,7-8,12H2,1-6H3. The number of ether oxygens (including phenoxy) is 1. The molecule has 0 aromatic heterocycles. The molecule has 1 rings (SSSR count). The summed E-state index contributed by atoms with van der Waals surface area (Å²) in [7, 11) is 0. The molecule has 0 aliphatic heterocycles. The largest absolute Gasteiger partial charge is 0.489 e. The van der Waals surface area contributed by atoms with Crippen molar-refractivity contribution in [3.8, 4) is 5.75 Å². The van der Waals surface area contributed by atoms with Crippen molar-refractivity contribution in [2.45, 2.75) is 72.4 Å². The molecular formula is C18H31NO. The van der Waals surface area contributed by atoms with E-state index in [4.69, 9.17) is 4.74 Å². The molecule has 1 aromatic carbocycles. The molecule has 1 N–H and O–H groups in total. The summed E-state index contributed by atoms with van der Waals surface area (Å²) in [5.74, 6) is 1.53. The molecule has 1 unspecified atom stereocenters. The van der Waals surface area contributed by atoms with E-state index in [-0.39, 0.29) is 6.10 Å². The Morgan fingerprint density at radius 3 is 2.25 bits per heavy atom. The van der Waals surface area contributed by atoms with E-state index in [1.54, 1.807) is 0 Å². The molecule has 1 aromatic rings. The van der Waals surface area contributed by atoms with Crippen molar-refractivity contribution in [2.24, 2.45) is 0 Å². The van der Waals surface area contributed by atoms with Crippen LogP contribution in [0.25, 0.3) is 0 Å². The van der Waals surface area contributed by atoms with Crippen LogP contribution in [-0.2, 0) is 0 Å². The van der Waals surface area contributed by atoms with Crippen LogP contribution in [0.1, 0.15) is 64.5 Å². The Kier molecular flexibility index (Phi) is 7.08. The number of nitrogens with one attached hydrogen (secondary N) is 1. The van der Waals surface area contributed by atoms with E-state index < -0.39 is 0 Å². The van der Waals surface area contributed by atoms with Crippen LogP contribution in [0.15, 0.2) is 18.2 Å². The fourth-order valence-corrected chi connectivity index (χ4v) is 2.36. The Hall–Kier alpha value is -1.02. The van der Waals surface area contributed by atoms with Gasteiger partial charge < -0.3 is 10.1 Å². The van der Waals surface area contributed by atoms with Crippen LogP contribution in [0.4, 0.5) is 0 Å². The third-order valence-corrected chi connectivity index (χ3v) is 3.76. The van der Waals surface area contributed by atoms with E-state index in [0.29, 0.717) is 12.0 Å². The highest BCUT2D eigenvalue weighted by molar-refractivity contribution is 5.35. The molecule has 0 aliphatic rings. The first-order chi connectivity index (χ1) is 9.46. The van der Waals surface area contributed by atoms with Gasteiger partial charge in [-0.15, -0.1) is 0 Å². The lowest BCUT2D eigenvalue weighted by atomic mass is 10.0. The van der Waals surface area contributed by atoms with E-state index in [9.17, 15) is 0 Å². The zero-order valence-electron chi connectivity index (χ0n) is 14.0. The van der Waals surface area contributed by atoms with E-state index >= 15 is 0 Å². The summed E-state index contributed by atoms with van der Waals surface area (Å²) >= 11 is 0. The van der Waals surface area contributed by atoms with Gasteiger partial charge in [-0.2, -0.15) is 0 Å². The lowest BCUT2D eigenvalue weighted by molar-refractivity contribution is 0.210. The molecule has 0 fully saturated rings. The molecule has 0 bridgehead atoms. The Bertz CT molecular complexity index is 396. The normalized spacial score (nSPS) is 13.0. The SMILES string of the molecule is CCC(CC)NCC(C)Oc1cc(C)cc(C(C)C)c1. The van der Waals surface area contributed by atoms with E-state index in [1.807, 2.05) is 0 Å². The van der Waals surface area contributed by atoms with Gasteiger partial charge in [0, 0.05) is 12.6 Å². The number of benzene rings is 1. The maximum absolute atomic E-state index is 6.06. The van der Waals surface area contributed by atoms with Crippen LogP contribution in [0.2, 0.25) is 0 Å². The van der Waals surface area contributed by atoms with Crippen LogP contribution in [0.5, 0.6) is 5.75 Å². The second kappa shape index (κ2) is 8.31. The molecule has 0 aliphatic carbocycles. The van der Waals surface area contributed by atoms with Gasteiger partial charge >= 0.3 is 0 Å². The predicted molar refractivity (Wildman–Crippen MR) is 87.7 cm³/mol. The van der Waals surface area contributed by atoms with Crippen LogP contribution in [0.3, 0.4) is 0 Å². The lowest BCUT2D eigenvalue weighted by Gasteiger charge is -2.21. The van der Waals surface area contributed by atoms with Crippen molar-refractivity contribution in [2.75, 3.05) is 6.54 Å². The molecule has 2 heteroatoms. The summed E-state index contributed by atoms with van der Waals surface area (Å²) in [4.78, 5) is 0. The summed E-state index contributed by atoms with van der Waals surface area (Å²) in [6.45, 7) is 14.0. The topological polar surface area (TPSA) is 21.3 Å². The molecule has 1 atom stereocenters. The van der Waals surface area contributed by atoms with Crippen molar-refractivity contribution < 1.29 is 4.74 Å². The number of hydrogen-bond donors (Lipinski definition) is 1. The molecule has 20 heavy (non-hydrogen) atoms. The Morgan fingerprint density at radius 2 is 1.70 bits per heavy atom. The fraction of sp³-hybridized carbons (Fsp3) is 0.667. The minimum absolute atomic E-state index is 0.192. The monoisotopic (exact) mass is 277 g/mol. The highest BCUT2D eigenvalue weighted by atomic mass is 16.5. The minimum atomic E-state index is 0.192. The van der Waals surface area contributed by atoms with Gasteiger partial charge in [-0.25, -0.2) is 0 Å². The van der Waals surface area contributed by atoms with Crippen LogP contribution in [-0.4, -0.2) is 18.7 Å². The molecule has 0 saturated carbocycles. The third kappa shape index (κ3) is 5.54. The summed E-state index contributed by atoms with van der Waals surface area (Å²) in [6, 6.07) is 7.14.